The Balaban J connectivity index is 5.36. The molecule has 588 valence electrons. The number of hydrogen-bond donors (Lipinski definition) is 3. The molecule has 0 aromatic heterocycles. The van der Waals surface area contributed by atoms with Crippen LogP contribution in [-0.2, 0) is 65.4 Å². The predicted octanol–water partition coefficient (Wildman–Crippen LogP) is 23.3. The Hall–Kier alpha value is -4.28. The average molecular weight is 1480 g/mol. The number of esters is 4. The van der Waals surface area contributed by atoms with Crippen LogP contribution in [0.25, 0.3) is 0 Å². The number of phosphoric acid groups is 2. The maximum absolute atomic E-state index is 13.1. The molecule has 0 bridgehead atoms. The number of carbonyl (C=O) groups is 4. The molecule has 0 aromatic carbocycles. The van der Waals surface area contributed by atoms with Gasteiger partial charge in [0.2, 0.25) is 0 Å². The first kappa shape index (κ1) is 97.7. The summed E-state index contributed by atoms with van der Waals surface area (Å²) in [6, 6.07) is 0. The van der Waals surface area contributed by atoms with Crippen molar-refractivity contribution in [2.24, 2.45) is 0 Å². The van der Waals surface area contributed by atoms with Crippen LogP contribution >= 0.6 is 15.6 Å². The Kier molecular flexibility index (Phi) is 71.8. The van der Waals surface area contributed by atoms with Gasteiger partial charge < -0.3 is 33.8 Å². The standard InChI is InChI=1S/C83H144O17P2/c1-5-9-13-17-21-25-29-33-36-38-41-45-48-52-56-60-64-68-81(86)94-74-79(100-83(88)70-66-62-58-54-50-46-42-39-37-34-30-26-22-18-14-10-6-2)76-98-102(91,92)96-72-77(84)71-95-101(89,90)97-75-78(99-82(87)69-65-61-57-53-49-43-32-28-24-20-16-12-8-4)73-93-80(85)67-63-59-55-51-47-44-40-35-31-27-23-19-15-11-7-3/h9-11,13-15,21-23,25-27,33-37,40,77-79,84H,5-8,12,16-20,24,28-32,38-39,41-76H2,1-4H3,(H,89,90)(H,91,92)/b13-9-,14-10-,15-11-,25-21-,26-22-,27-23-,36-33-,37-34-,40-35-. The molecule has 0 spiro atoms. The normalized spacial score (nSPS) is 14.5. The van der Waals surface area contributed by atoms with Gasteiger partial charge >= 0.3 is 39.5 Å². The third kappa shape index (κ3) is 74.0. The van der Waals surface area contributed by atoms with Crippen molar-refractivity contribution in [2.45, 2.75) is 354 Å². The van der Waals surface area contributed by atoms with Crippen LogP contribution in [-0.4, -0.2) is 96.7 Å². The second kappa shape index (κ2) is 75.0. The van der Waals surface area contributed by atoms with Crippen molar-refractivity contribution in [2.75, 3.05) is 39.6 Å². The van der Waals surface area contributed by atoms with Crippen LogP contribution in [0.1, 0.15) is 336 Å². The topological polar surface area (TPSA) is 237 Å². The zero-order chi connectivity index (χ0) is 74.6. The highest BCUT2D eigenvalue weighted by molar-refractivity contribution is 7.47. The predicted molar refractivity (Wildman–Crippen MR) is 418 cm³/mol. The fourth-order valence-corrected chi connectivity index (χ4v) is 12.3. The van der Waals surface area contributed by atoms with Crippen molar-refractivity contribution in [1.82, 2.24) is 0 Å². The Labute approximate surface area is 619 Å². The molecule has 0 aliphatic heterocycles. The number of phosphoric ester groups is 2. The Bertz CT molecular complexity index is 2360. The minimum Gasteiger partial charge on any atom is -0.462 e. The maximum Gasteiger partial charge on any atom is 0.472 e. The monoisotopic (exact) mass is 1470 g/mol. The van der Waals surface area contributed by atoms with Crippen LogP contribution in [0.4, 0.5) is 0 Å². The molecule has 0 rings (SSSR count). The molecular formula is C83H144O17P2. The molecular weight excluding hydrogens is 1330 g/mol. The summed E-state index contributed by atoms with van der Waals surface area (Å²) in [5.74, 6) is -2.20. The number of aliphatic hydroxyl groups is 1. The average Bonchev–Trinajstić information content (AvgIpc) is 0.959. The summed E-state index contributed by atoms with van der Waals surface area (Å²) in [4.78, 5) is 73.0. The fourth-order valence-electron chi connectivity index (χ4n) is 10.7. The van der Waals surface area contributed by atoms with Crippen LogP contribution in [0.15, 0.2) is 109 Å². The van der Waals surface area contributed by atoms with E-state index in [0.717, 1.165) is 205 Å². The first-order chi connectivity index (χ1) is 49.7. The van der Waals surface area contributed by atoms with E-state index in [1.807, 2.05) is 0 Å². The van der Waals surface area contributed by atoms with Crippen LogP contribution < -0.4 is 0 Å². The van der Waals surface area contributed by atoms with E-state index >= 15 is 0 Å². The smallest absolute Gasteiger partial charge is 0.462 e. The lowest BCUT2D eigenvalue weighted by molar-refractivity contribution is -0.161. The lowest BCUT2D eigenvalue weighted by Crippen LogP contribution is -2.30. The SMILES string of the molecule is CC/C=C\C/C=C\C/C=C\CCCCCCCCCC(=O)OCC(COP(=O)(O)OCC(O)COP(=O)(O)OCC(COC(=O)CCCCCCC/C=C\C/C=C\C/C=C\CC)OC(=O)CCCCCCCCCCCCCCC)OC(=O)CCCCCCCCC/C=C\C/C=C\C/C=C\CC. The van der Waals surface area contributed by atoms with E-state index in [9.17, 15) is 43.2 Å². The van der Waals surface area contributed by atoms with Crippen LogP contribution in [0.5, 0.6) is 0 Å². The third-order valence-electron chi connectivity index (χ3n) is 16.7. The van der Waals surface area contributed by atoms with Gasteiger partial charge in [0.25, 0.3) is 0 Å². The van der Waals surface area contributed by atoms with Gasteiger partial charge in [-0.15, -0.1) is 0 Å². The van der Waals surface area contributed by atoms with E-state index < -0.39 is 97.5 Å². The highest BCUT2D eigenvalue weighted by atomic mass is 31.2. The van der Waals surface area contributed by atoms with E-state index in [2.05, 4.69) is 137 Å². The van der Waals surface area contributed by atoms with E-state index in [1.54, 1.807) is 0 Å². The van der Waals surface area contributed by atoms with Gasteiger partial charge in [-0.25, -0.2) is 9.13 Å². The van der Waals surface area contributed by atoms with E-state index in [1.165, 1.54) is 51.4 Å². The third-order valence-corrected chi connectivity index (χ3v) is 18.6. The lowest BCUT2D eigenvalue weighted by atomic mass is 10.0. The lowest BCUT2D eigenvalue weighted by Gasteiger charge is -2.21. The number of carbonyl (C=O) groups excluding carboxylic acids is 4. The van der Waals surface area contributed by atoms with Gasteiger partial charge in [0.05, 0.1) is 26.4 Å². The first-order valence-electron chi connectivity index (χ1n) is 40.1. The number of aliphatic hydroxyl groups excluding tert-OH is 1. The van der Waals surface area contributed by atoms with Crippen LogP contribution in [0.2, 0.25) is 0 Å². The quantitative estimate of drug-likeness (QED) is 0.0169. The second-order valence-corrected chi connectivity index (χ2v) is 29.5. The van der Waals surface area contributed by atoms with Gasteiger partial charge in [0, 0.05) is 25.7 Å². The van der Waals surface area contributed by atoms with Crippen LogP contribution in [0.3, 0.4) is 0 Å². The molecule has 19 heteroatoms. The molecule has 5 unspecified atom stereocenters. The van der Waals surface area contributed by atoms with E-state index in [0.29, 0.717) is 25.7 Å². The molecule has 0 saturated carbocycles. The minimum atomic E-state index is -4.98. The fraction of sp³-hybridized carbons (Fsp3) is 0.735. The summed E-state index contributed by atoms with van der Waals surface area (Å²) in [5.41, 5.74) is 0. The van der Waals surface area contributed by atoms with Crippen LogP contribution in [0, 0.1) is 0 Å². The number of rotatable bonds is 75. The summed E-state index contributed by atoms with van der Waals surface area (Å²) in [6.07, 6.45) is 80.6. The molecule has 17 nitrogen and oxygen atoms in total. The number of unbranched alkanes of at least 4 members (excludes halogenated alkanes) is 31. The molecule has 0 fully saturated rings. The molecule has 0 saturated heterocycles. The van der Waals surface area contributed by atoms with Crippen molar-refractivity contribution in [3.8, 4) is 0 Å². The Morgan fingerprint density at radius 1 is 0.284 bits per heavy atom. The van der Waals surface area contributed by atoms with Gasteiger partial charge in [0.1, 0.15) is 19.3 Å². The highest BCUT2D eigenvalue weighted by Gasteiger charge is 2.30. The molecule has 0 heterocycles. The number of hydrogen-bond acceptors (Lipinski definition) is 15. The number of ether oxygens (including phenoxy) is 4. The molecule has 102 heavy (non-hydrogen) atoms. The molecule has 0 aliphatic carbocycles. The minimum absolute atomic E-state index is 0.0807. The largest absolute Gasteiger partial charge is 0.472 e. The second-order valence-electron chi connectivity index (χ2n) is 26.6. The van der Waals surface area contributed by atoms with Crippen molar-refractivity contribution < 1.29 is 80.2 Å². The van der Waals surface area contributed by atoms with Gasteiger partial charge in [-0.2, -0.15) is 0 Å². The van der Waals surface area contributed by atoms with Gasteiger partial charge in [-0.1, -0.05) is 298 Å². The Morgan fingerprint density at radius 3 is 0.784 bits per heavy atom. The molecule has 0 radical (unpaired) electrons. The van der Waals surface area contributed by atoms with E-state index in [4.69, 9.17) is 37.0 Å². The molecule has 0 aromatic rings. The summed E-state index contributed by atoms with van der Waals surface area (Å²) in [5, 5.41) is 10.6. The Morgan fingerprint density at radius 2 is 0.510 bits per heavy atom. The van der Waals surface area contributed by atoms with E-state index in [-0.39, 0.29) is 25.7 Å². The summed E-state index contributed by atoms with van der Waals surface area (Å²) >= 11 is 0. The summed E-state index contributed by atoms with van der Waals surface area (Å²) in [6.45, 7) is 4.54. The molecule has 3 N–H and O–H groups in total. The van der Waals surface area contributed by atoms with Crippen molar-refractivity contribution in [3.63, 3.8) is 0 Å². The molecule has 5 atom stereocenters. The van der Waals surface area contributed by atoms with Crippen molar-refractivity contribution >= 4 is 39.5 Å². The number of allylic oxidation sites excluding steroid dienone is 18. The summed E-state index contributed by atoms with van der Waals surface area (Å²) < 4.78 is 68.6. The molecule has 0 aliphatic rings. The zero-order valence-electron chi connectivity index (χ0n) is 64.3. The van der Waals surface area contributed by atoms with Gasteiger partial charge in [-0.05, 0) is 122 Å². The van der Waals surface area contributed by atoms with Gasteiger partial charge in [0.15, 0.2) is 12.2 Å². The first-order valence-corrected chi connectivity index (χ1v) is 43.1. The summed E-state index contributed by atoms with van der Waals surface area (Å²) in [7, 11) is -9.96. The van der Waals surface area contributed by atoms with Crippen molar-refractivity contribution in [1.29, 1.82) is 0 Å². The molecule has 0 amide bonds. The van der Waals surface area contributed by atoms with Gasteiger partial charge in [-0.3, -0.25) is 37.3 Å². The highest BCUT2D eigenvalue weighted by Crippen LogP contribution is 2.45. The maximum atomic E-state index is 13.1. The zero-order valence-corrected chi connectivity index (χ0v) is 66.0. The van der Waals surface area contributed by atoms with Crippen molar-refractivity contribution in [3.05, 3.63) is 109 Å².